The highest BCUT2D eigenvalue weighted by Crippen LogP contribution is 2.22. The molecule has 2 amide bonds. The summed E-state index contributed by atoms with van der Waals surface area (Å²) in [6.07, 6.45) is 4.02. The van der Waals surface area contributed by atoms with Crippen molar-refractivity contribution < 1.29 is 9.18 Å². The SMILES string of the molecule is CC1(C)CCN(c2ncc(-c3cccc(F)c3)cn2)C(=O)N1. The van der Waals surface area contributed by atoms with Crippen LogP contribution in [-0.2, 0) is 0 Å². The van der Waals surface area contributed by atoms with Crippen LogP contribution < -0.4 is 10.2 Å². The Morgan fingerprint density at radius 1 is 1.23 bits per heavy atom. The summed E-state index contributed by atoms with van der Waals surface area (Å²) in [6, 6.07) is 6.04. The lowest BCUT2D eigenvalue weighted by Crippen LogP contribution is -2.57. The van der Waals surface area contributed by atoms with Gasteiger partial charge in [0.15, 0.2) is 0 Å². The van der Waals surface area contributed by atoms with Crippen LogP contribution in [0.5, 0.6) is 0 Å². The number of carbonyl (C=O) groups excluding carboxylic acids is 1. The lowest BCUT2D eigenvalue weighted by Gasteiger charge is -2.36. The van der Waals surface area contributed by atoms with Crippen molar-refractivity contribution in [3.8, 4) is 11.1 Å². The van der Waals surface area contributed by atoms with E-state index in [0.717, 1.165) is 6.42 Å². The van der Waals surface area contributed by atoms with Gasteiger partial charge in [-0.3, -0.25) is 4.90 Å². The first-order valence-electron chi connectivity index (χ1n) is 7.12. The third-order valence-corrected chi connectivity index (χ3v) is 3.69. The summed E-state index contributed by atoms with van der Waals surface area (Å²) < 4.78 is 13.2. The minimum absolute atomic E-state index is 0.199. The zero-order valence-corrected chi connectivity index (χ0v) is 12.5. The molecule has 0 aliphatic carbocycles. The molecule has 1 aliphatic rings. The van der Waals surface area contributed by atoms with Gasteiger partial charge in [-0.25, -0.2) is 19.2 Å². The molecule has 0 saturated carbocycles. The van der Waals surface area contributed by atoms with E-state index in [2.05, 4.69) is 15.3 Å². The first-order valence-corrected chi connectivity index (χ1v) is 7.12. The second-order valence-electron chi connectivity index (χ2n) is 6.00. The minimum atomic E-state index is -0.306. The molecule has 1 aromatic heterocycles. The molecule has 2 heterocycles. The van der Waals surface area contributed by atoms with Crippen LogP contribution in [0.4, 0.5) is 15.1 Å². The van der Waals surface area contributed by atoms with Crippen molar-refractivity contribution in [3.05, 3.63) is 42.5 Å². The quantitative estimate of drug-likeness (QED) is 0.927. The summed E-state index contributed by atoms with van der Waals surface area (Å²) in [5, 5.41) is 2.92. The summed E-state index contributed by atoms with van der Waals surface area (Å²) in [7, 11) is 0. The monoisotopic (exact) mass is 300 g/mol. The molecule has 6 heteroatoms. The largest absolute Gasteiger partial charge is 0.333 e. The van der Waals surface area contributed by atoms with E-state index in [4.69, 9.17) is 0 Å². The van der Waals surface area contributed by atoms with Crippen molar-refractivity contribution in [3.63, 3.8) is 0 Å². The smallest absolute Gasteiger partial charge is 0.324 e. The van der Waals surface area contributed by atoms with E-state index in [0.29, 0.717) is 23.6 Å². The molecule has 2 aromatic rings. The summed E-state index contributed by atoms with van der Waals surface area (Å²) in [4.78, 5) is 22.1. The maximum Gasteiger partial charge on any atom is 0.324 e. The number of carbonyl (C=O) groups is 1. The maximum absolute atomic E-state index is 13.2. The first kappa shape index (κ1) is 14.4. The van der Waals surface area contributed by atoms with Gasteiger partial charge in [0.1, 0.15) is 5.82 Å². The molecule has 114 valence electrons. The molecule has 22 heavy (non-hydrogen) atoms. The van der Waals surface area contributed by atoms with Gasteiger partial charge in [-0.05, 0) is 38.0 Å². The molecule has 0 unspecified atom stereocenters. The van der Waals surface area contributed by atoms with Crippen molar-refractivity contribution in [2.45, 2.75) is 25.8 Å². The molecule has 0 radical (unpaired) electrons. The van der Waals surface area contributed by atoms with Gasteiger partial charge >= 0.3 is 6.03 Å². The topological polar surface area (TPSA) is 58.1 Å². The molecule has 0 atom stereocenters. The molecule has 1 N–H and O–H groups in total. The van der Waals surface area contributed by atoms with E-state index < -0.39 is 0 Å². The molecular formula is C16H17FN4O. The Balaban J connectivity index is 1.82. The number of hydrogen-bond acceptors (Lipinski definition) is 3. The minimum Gasteiger partial charge on any atom is -0.333 e. The second kappa shape index (κ2) is 5.36. The Bertz CT molecular complexity index is 700. The van der Waals surface area contributed by atoms with E-state index in [9.17, 15) is 9.18 Å². The zero-order valence-electron chi connectivity index (χ0n) is 12.5. The standard InChI is InChI=1S/C16H17FN4O/c1-16(2)6-7-21(15(22)20-16)14-18-9-12(10-19-14)11-4-3-5-13(17)8-11/h3-5,8-10H,6-7H2,1-2H3,(H,20,22). The van der Waals surface area contributed by atoms with E-state index in [1.165, 1.54) is 17.0 Å². The number of anilines is 1. The van der Waals surface area contributed by atoms with Crippen LogP contribution >= 0.6 is 0 Å². The van der Waals surface area contributed by atoms with Gasteiger partial charge in [0, 0.05) is 30.0 Å². The fourth-order valence-electron chi connectivity index (χ4n) is 2.38. The highest BCUT2D eigenvalue weighted by atomic mass is 19.1. The van der Waals surface area contributed by atoms with Crippen LogP contribution in [0.25, 0.3) is 11.1 Å². The lowest BCUT2D eigenvalue weighted by atomic mass is 9.99. The number of nitrogens with one attached hydrogen (secondary N) is 1. The van der Waals surface area contributed by atoms with Gasteiger partial charge in [-0.15, -0.1) is 0 Å². The molecule has 1 fully saturated rings. The summed E-state index contributed by atoms with van der Waals surface area (Å²) in [6.45, 7) is 4.53. The number of benzene rings is 1. The number of halogens is 1. The van der Waals surface area contributed by atoms with Crippen molar-refractivity contribution in [1.82, 2.24) is 15.3 Å². The average Bonchev–Trinajstić information content (AvgIpc) is 2.47. The molecule has 1 aliphatic heterocycles. The van der Waals surface area contributed by atoms with E-state index in [-0.39, 0.29) is 17.4 Å². The van der Waals surface area contributed by atoms with Crippen molar-refractivity contribution >= 4 is 12.0 Å². The van der Waals surface area contributed by atoms with Crippen molar-refractivity contribution in [2.75, 3.05) is 11.4 Å². The molecular weight excluding hydrogens is 283 g/mol. The first-order chi connectivity index (χ1) is 10.4. The third-order valence-electron chi connectivity index (χ3n) is 3.69. The Hall–Kier alpha value is -2.50. The van der Waals surface area contributed by atoms with Crippen LogP contribution in [0, 0.1) is 5.82 Å². The number of aromatic nitrogens is 2. The predicted octanol–water partition coefficient (Wildman–Crippen LogP) is 2.98. The van der Waals surface area contributed by atoms with Gasteiger partial charge in [-0.1, -0.05) is 12.1 Å². The van der Waals surface area contributed by atoms with Gasteiger partial charge < -0.3 is 5.32 Å². The van der Waals surface area contributed by atoms with E-state index in [1.54, 1.807) is 24.5 Å². The maximum atomic E-state index is 13.2. The number of rotatable bonds is 2. The summed E-state index contributed by atoms with van der Waals surface area (Å²) >= 11 is 0. The van der Waals surface area contributed by atoms with Gasteiger partial charge in [0.25, 0.3) is 0 Å². The van der Waals surface area contributed by atoms with E-state index >= 15 is 0 Å². The normalized spacial score (nSPS) is 17.2. The van der Waals surface area contributed by atoms with Crippen LogP contribution in [0.15, 0.2) is 36.7 Å². The highest BCUT2D eigenvalue weighted by Gasteiger charge is 2.32. The van der Waals surface area contributed by atoms with Gasteiger partial charge in [-0.2, -0.15) is 0 Å². The Morgan fingerprint density at radius 2 is 1.95 bits per heavy atom. The second-order valence-corrected chi connectivity index (χ2v) is 6.00. The molecule has 0 bridgehead atoms. The Kier molecular flexibility index (Phi) is 3.52. The van der Waals surface area contributed by atoms with Crippen LogP contribution in [0.3, 0.4) is 0 Å². The number of hydrogen-bond donors (Lipinski definition) is 1. The number of amides is 2. The molecule has 5 nitrogen and oxygen atoms in total. The van der Waals surface area contributed by atoms with Gasteiger partial charge in [0.05, 0.1) is 0 Å². The Morgan fingerprint density at radius 3 is 2.59 bits per heavy atom. The van der Waals surface area contributed by atoms with Gasteiger partial charge in [0.2, 0.25) is 5.95 Å². The van der Waals surface area contributed by atoms with Crippen LogP contribution in [-0.4, -0.2) is 28.1 Å². The number of urea groups is 1. The van der Waals surface area contributed by atoms with Crippen LogP contribution in [0.1, 0.15) is 20.3 Å². The molecule has 0 spiro atoms. The number of nitrogens with zero attached hydrogens (tertiary/aromatic N) is 3. The van der Waals surface area contributed by atoms with E-state index in [1.807, 2.05) is 13.8 Å². The van der Waals surface area contributed by atoms with Crippen molar-refractivity contribution in [1.29, 1.82) is 0 Å². The molecule has 1 saturated heterocycles. The fraction of sp³-hybridized carbons (Fsp3) is 0.312. The Labute approximate surface area is 128 Å². The van der Waals surface area contributed by atoms with Crippen LogP contribution in [0.2, 0.25) is 0 Å². The molecule has 3 rings (SSSR count). The lowest BCUT2D eigenvalue weighted by molar-refractivity contribution is 0.224. The highest BCUT2D eigenvalue weighted by molar-refractivity contribution is 5.91. The third kappa shape index (κ3) is 2.90. The zero-order chi connectivity index (χ0) is 15.7. The van der Waals surface area contributed by atoms with Crippen molar-refractivity contribution in [2.24, 2.45) is 0 Å². The summed E-state index contributed by atoms with van der Waals surface area (Å²) in [5.41, 5.74) is 1.20. The molecule has 1 aromatic carbocycles. The summed E-state index contributed by atoms with van der Waals surface area (Å²) in [5.74, 6) is 0.0485. The fourth-order valence-corrected chi connectivity index (χ4v) is 2.38. The average molecular weight is 300 g/mol. The predicted molar refractivity (Wildman–Crippen MR) is 82.0 cm³/mol.